The molecular weight excluding hydrogens is 238 g/mol. The maximum Gasteiger partial charge on any atom is 0.189 e. The summed E-state index contributed by atoms with van der Waals surface area (Å²) in [5.74, 6) is 0.759. The molecule has 0 saturated heterocycles. The molecule has 0 spiro atoms. The van der Waals surface area contributed by atoms with E-state index in [0.29, 0.717) is 0 Å². The van der Waals surface area contributed by atoms with Gasteiger partial charge in [0.15, 0.2) is 5.43 Å². The van der Waals surface area contributed by atoms with Crippen molar-refractivity contribution >= 4 is 10.9 Å². The van der Waals surface area contributed by atoms with Crippen LogP contribution in [0.1, 0.15) is 31.9 Å². The summed E-state index contributed by atoms with van der Waals surface area (Å²) >= 11 is 0. The lowest BCUT2D eigenvalue weighted by Gasteiger charge is -2.14. The van der Waals surface area contributed by atoms with E-state index in [9.17, 15) is 4.79 Å². The Morgan fingerprint density at radius 2 is 2.05 bits per heavy atom. The van der Waals surface area contributed by atoms with Gasteiger partial charge in [0.05, 0.1) is 12.6 Å². The molecule has 1 heterocycles. The van der Waals surface area contributed by atoms with Gasteiger partial charge in [-0.25, -0.2) is 0 Å². The number of fused-ring (bicyclic) bond motifs is 1. The van der Waals surface area contributed by atoms with Crippen LogP contribution in [0.3, 0.4) is 0 Å². The van der Waals surface area contributed by atoms with Crippen LogP contribution < -0.4 is 10.2 Å². The van der Waals surface area contributed by atoms with Gasteiger partial charge in [0.25, 0.3) is 0 Å². The number of rotatable bonds is 5. The van der Waals surface area contributed by atoms with Crippen molar-refractivity contribution in [1.29, 1.82) is 0 Å². The molecule has 3 nitrogen and oxygen atoms in total. The van der Waals surface area contributed by atoms with Crippen LogP contribution in [0.25, 0.3) is 10.9 Å². The zero-order valence-corrected chi connectivity index (χ0v) is 11.9. The van der Waals surface area contributed by atoms with Crippen molar-refractivity contribution in [2.24, 2.45) is 7.05 Å². The number of ether oxygens (including phenoxy) is 1. The molecule has 0 bridgehead atoms. The molecule has 19 heavy (non-hydrogen) atoms. The van der Waals surface area contributed by atoms with Crippen molar-refractivity contribution in [2.75, 3.05) is 7.11 Å². The zero-order chi connectivity index (χ0) is 13.8. The molecule has 0 aliphatic heterocycles. The standard InChI is InChI=1S/C16H21NO2/c1-4-5-6-8-12-11-14(18)13-9-7-10-15(19-3)16(13)17(12)2/h7,9-11H,4-6,8H2,1-3H3. The fourth-order valence-corrected chi connectivity index (χ4v) is 2.50. The summed E-state index contributed by atoms with van der Waals surface area (Å²) in [6, 6.07) is 7.38. The van der Waals surface area contributed by atoms with Crippen LogP contribution in [0.15, 0.2) is 29.1 Å². The molecule has 0 atom stereocenters. The summed E-state index contributed by atoms with van der Waals surface area (Å²) in [6.45, 7) is 2.18. The Balaban J connectivity index is 2.56. The Morgan fingerprint density at radius 1 is 1.26 bits per heavy atom. The number of para-hydroxylation sites is 1. The van der Waals surface area contributed by atoms with Gasteiger partial charge in [-0.1, -0.05) is 25.8 Å². The first-order valence-corrected chi connectivity index (χ1v) is 6.84. The van der Waals surface area contributed by atoms with Gasteiger partial charge in [-0.05, 0) is 25.0 Å². The predicted octanol–water partition coefficient (Wildman–Crippen LogP) is 3.28. The van der Waals surface area contributed by atoms with E-state index in [1.165, 1.54) is 12.8 Å². The van der Waals surface area contributed by atoms with Crippen LogP contribution in [-0.2, 0) is 13.5 Å². The third kappa shape index (κ3) is 2.65. The second-order valence-electron chi connectivity index (χ2n) is 4.87. The molecule has 0 amide bonds. The van der Waals surface area contributed by atoms with Crippen molar-refractivity contribution in [1.82, 2.24) is 4.57 Å². The average Bonchev–Trinajstić information content (AvgIpc) is 2.43. The van der Waals surface area contributed by atoms with Crippen molar-refractivity contribution in [2.45, 2.75) is 32.6 Å². The molecule has 1 aromatic carbocycles. The normalized spacial score (nSPS) is 10.9. The summed E-state index contributed by atoms with van der Waals surface area (Å²) in [5, 5.41) is 0.723. The highest BCUT2D eigenvalue weighted by molar-refractivity contribution is 5.85. The summed E-state index contributed by atoms with van der Waals surface area (Å²) in [6.07, 6.45) is 4.43. The summed E-state index contributed by atoms with van der Waals surface area (Å²) in [4.78, 5) is 12.2. The second kappa shape index (κ2) is 5.91. The first-order chi connectivity index (χ1) is 9.19. The maximum atomic E-state index is 12.2. The fraction of sp³-hybridized carbons (Fsp3) is 0.438. The lowest BCUT2D eigenvalue weighted by molar-refractivity contribution is 0.417. The van der Waals surface area contributed by atoms with Crippen molar-refractivity contribution in [3.05, 3.63) is 40.2 Å². The van der Waals surface area contributed by atoms with E-state index in [4.69, 9.17) is 4.74 Å². The van der Waals surface area contributed by atoms with E-state index >= 15 is 0 Å². The van der Waals surface area contributed by atoms with Gasteiger partial charge in [-0.15, -0.1) is 0 Å². The van der Waals surface area contributed by atoms with Gasteiger partial charge < -0.3 is 9.30 Å². The number of benzene rings is 1. The summed E-state index contributed by atoms with van der Waals surface area (Å²) in [7, 11) is 3.65. The number of nitrogens with zero attached hydrogens (tertiary/aromatic N) is 1. The smallest absolute Gasteiger partial charge is 0.189 e. The number of hydrogen-bond donors (Lipinski definition) is 0. The number of methoxy groups -OCH3 is 1. The fourth-order valence-electron chi connectivity index (χ4n) is 2.50. The highest BCUT2D eigenvalue weighted by atomic mass is 16.5. The molecule has 0 aliphatic rings. The third-order valence-electron chi connectivity index (χ3n) is 3.58. The van der Waals surface area contributed by atoms with Crippen LogP contribution in [0.5, 0.6) is 5.75 Å². The molecular formula is C16H21NO2. The molecule has 3 heteroatoms. The predicted molar refractivity (Wildman–Crippen MR) is 79.0 cm³/mol. The van der Waals surface area contributed by atoms with E-state index in [0.717, 1.165) is 35.2 Å². The largest absolute Gasteiger partial charge is 0.495 e. The van der Waals surface area contributed by atoms with Gasteiger partial charge >= 0.3 is 0 Å². The number of pyridine rings is 1. The maximum absolute atomic E-state index is 12.2. The molecule has 102 valence electrons. The minimum Gasteiger partial charge on any atom is -0.495 e. The Kier molecular flexibility index (Phi) is 4.25. The van der Waals surface area contributed by atoms with Gasteiger partial charge in [0.2, 0.25) is 0 Å². The third-order valence-corrected chi connectivity index (χ3v) is 3.58. The second-order valence-corrected chi connectivity index (χ2v) is 4.87. The van der Waals surface area contributed by atoms with Crippen LogP contribution in [-0.4, -0.2) is 11.7 Å². The van der Waals surface area contributed by atoms with Gasteiger partial charge in [0, 0.05) is 24.2 Å². The Bertz CT molecular complexity index is 628. The molecule has 0 fully saturated rings. The van der Waals surface area contributed by atoms with Crippen LogP contribution in [0, 0.1) is 0 Å². The molecule has 0 aliphatic carbocycles. The number of aromatic nitrogens is 1. The zero-order valence-electron chi connectivity index (χ0n) is 11.9. The molecule has 2 aromatic rings. The van der Waals surface area contributed by atoms with E-state index in [2.05, 4.69) is 11.5 Å². The Labute approximate surface area is 113 Å². The van der Waals surface area contributed by atoms with Crippen LogP contribution in [0.2, 0.25) is 0 Å². The molecule has 0 unspecified atom stereocenters. The van der Waals surface area contributed by atoms with E-state index in [1.54, 1.807) is 13.2 Å². The average molecular weight is 259 g/mol. The number of unbranched alkanes of at least 4 members (excludes halogenated alkanes) is 2. The Hall–Kier alpha value is -1.77. The molecule has 1 aromatic heterocycles. The minimum atomic E-state index is 0.0819. The lowest BCUT2D eigenvalue weighted by Crippen LogP contribution is -2.12. The highest BCUT2D eigenvalue weighted by Gasteiger charge is 2.10. The Morgan fingerprint density at radius 3 is 2.74 bits per heavy atom. The lowest BCUT2D eigenvalue weighted by atomic mass is 10.1. The SMILES string of the molecule is CCCCCc1cc(=O)c2cccc(OC)c2n1C. The van der Waals surface area contributed by atoms with Gasteiger partial charge in [-0.2, -0.15) is 0 Å². The number of aryl methyl sites for hydroxylation is 2. The highest BCUT2D eigenvalue weighted by Crippen LogP contribution is 2.24. The number of hydrogen-bond acceptors (Lipinski definition) is 2. The molecule has 0 saturated carbocycles. The monoisotopic (exact) mass is 259 g/mol. The van der Waals surface area contributed by atoms with E-state index in [1.807, 2.05) is 25.2 Å². The van der Waals surface area contributed by atoms with Gasteiger partial charge in [0.1, 0.15) is 5.75 Å². The molecule has 0 N–H and O–H groups in total. The quantitative estimate of drug-likeness (QED) is 0.772. The van der Waals surface area contributed by atoms with E-state index in [-0.39, 0.29) is 5.43 Å². The van der Waals surface area contributed by atoms with Crippen LogP contribution in [0.4, 0.5) is 0 Å². The summed E-state index contributed by atoms with van der Waals surface area (Å²) in [5.41, 5.74) is 2.05. The van der Waals surface area contributed by atoms with Crippen molar-refractivity contribution in [3.63, 3.8) is 0 Å². The molecule has 2 rings (SSSR count). The van der Waals surface area contributed by atoms with Crippen LogP contribution >= 0.6 is 0 Å². The molecule has 0 radical (unpaired) electrons. The van der Waals surface area contributed by atoms with Crippen molar-refractivity contribution < 1.29 is 4.74 Å². The van der Waals surface area contributed by atoms with Crippen molar-refractivity contribution in [3.8, 4) is 5.75 Å². The first kappa shape index (κ1) is 13.7. The van der Waals surface area contributed by atoms with E-state index < -0.39 is 0 Å². The first-order valence-electron chi connectivity index (χ1n) is 6.84. The summed E-state index contributed by atoms with van der Waals surface area (Å²) < 4.78 is 7.47. The topological polar surface area (TPSA) is 31.2 Å². The van der Waals surface area contributed by atoms with Gasteiger partial charge in [-0.3, -0.25) is 4.79 Å². The minimum absolute atomic E-state index is 0.0819.